The molecule has 0 spiro atoms. The number of rotatable bonds is 6. The molecule has 8 heteroatoms. The van der Waals surface area contributed by atoms with Gasteiger partial charge < -0.3 is 25.7 Å². The first kappa shape index (κ1) is 19.5. The summed E-state index contributed by atoms with van der Waals surface area (Å²) in [5, 5.41) is 5.41. The van der Waals surface area contributed by atoms with E-state index in [1.165, 1.54) is 18.6 Å². The highest BCUT2D eigenvalue weighted by molar-refractivity contribution is 6.00. The minimum absolute atomic E-state index is 0.0476. The lowest BCUT2D eigenvalue weighted by Crippen LogP contribution is -2.41. The van der Waals surface area contributed by atoms with Crippen molar-refractivity contribution in [2.45, 2.75) is 25.8 Å². The van der Waals surface area contributed by atoms with Crippen LogP contribution in [-0.2, 0) is 9.59 Å². The van der Waals surface area contributed by atoms with Crippen LogP contribution in [0.4, 0.5) is 11.4 Å². The number of amides is 3. The summed E-state index contributed by atoms with van der Waals surface area (Å²) >= 11 is 0. The SMILES string of the molecule is CC(NC(=O)c1ccoc1)C(=O)Nc1ccc(N2CCC(C(N)=O)CC2)cc1. The van der Waals surface area contributed by atoms with Gasteiger partial charge in [-0.25, -0.2) is 0 Å². The van der Waals surface area contributed by atoms with E-state index in [1.54, 1.807) is 6.92 Å². The number of furan rings is 1. The Morgan fingerprint density at radius 1 is 1.14 bits per heavy atom. The molecule has 3 rings (SSSR count). The molecule has 8 nitrogen and oxygen atoms in total. The van der Waals surface area contributed by atoms with Crippen molar-refractivity contribution in [3.63, 3.8) is 0 Å². The maximum absolute atomic E-state index is 12.3. The van der Waals surface area contributed by atoms with Gasteiger partial charge in [-0.3, -0.25) is 14.4 Å². The Bertz CT molecular complexity index is 824. The summed E-state index contributed by atoms with van der Waals surface area (Å²) in [6, 6.07) is 8.32. The van der Waals surface area contributed by atoms with Crippen LogP contribution in [0.5, 0.6) is 0 Å². The summed E-state index contributed by atoms with van der Waals surface area (Å²) in [5.74, 6) is -0.960. The zero-order valence-corrected chi connectivity index (χ0v) is 15.7. The maximum atomic E-state index is 12.3. The van der Waals surface area contributed by atoms with Crippen LogP contribution in [0.2, 0.25) is 0 Å². The van der Waals surface area contributed by atoms with E-state index in [-0.39, 0.29) is 23.6 Å². The predicted molar refractivity (Wildman–Crippen MR) is 105 cm³/mol. The van der Waals surface area contributed by atoms with E-state index in [4.69, 9.17) is 10.2 Å². The molecule has 0 bridgehead atoms. The summed E-state index contributed by atoms with van der Waals surface area (Å²) < 4.78 is 4.86. The number of hydrogen-bond acceptors (Lipinski definition) is 5. The fraction of sp³-hybridized carbons (Fsp3) is 0.350. The third-order valence-electron chi connectivity index (χ3n) is 4.92. The largest absolute Gasteiger partial charge is 0.472 e. The van der Waals surface area contributed by atoms with Crippen LogP contribution in [0.3, 0.4) is 0 Å². The van der Waals surface area contributed by atoms with Gasteiger partial charge in [-0.2, -0.15) is 0 Å². The molecule has 3 amide bonds. The van der Waals surface area contributed by atoms with Crippen molar-refractivity contribution in [3.8, 4) is 0 Å². The van der Waals surface area contributed by atoms with Gasteiger partial charge in [0.05, 0.1) is 11.8 Å². The number of anilines is 2. The minimum atomic E-state index is -0.699. The predicted octanol–water partition coefficient (Wildman–Crippen LogP) is 1.74. The quantitative estimate of drug-likeness (QED) is 0.701. The fourth-order valence-corrected chi connectivity index (χ4v) is 3.17. The molecule has 1 saturated heterocycles. The van der Waals surface area contributed by atoms with E-state index >= 15 is 0 Å². The van der Waals surface area contributed by atoms with E-state index < -0.39 is 6.04 Å². The average molecular weight is 384 g/mol. The summed E-state index contributed by atoms with van der Waals surface area (Å²) in [6.07, 6.45) is 4.23. The van der Waals surface area contributed by atoms with Crippen LogP contribution in [-0.4, -0.2) is 36.9 Å². The Kier molecular flexibility index (Phi) is 5.98. The Morgan fingerprint density at radius 2 is 1.82 bits per heavy atom. The highest BCUT2D eigenvalue weighted by Crippen LogP contribution is 2.24. The molecule has 1 unspecified atom stereocenters. The van der Waals surface area contributed by atoms with Crippen LogP contribution in [0, 0.1) is 5.92 Å². The topological polar surface area (TPSA) is 118 Å². The molecule has 1 aromatic heterocycles. The molecule has 28 heavy (non-hydrogen) atoms. The van der Waals surface area contributed by atoms with Crippen molar-refractivity contribution >= 4 is 29.1 Å². The van der Waals surface area contributed by atoms with Crippen molar-refractivity contribution < 1.29 is 18.8 Å². The van der Waals surface area contributed by atoms with Gasteiger partial charge in [-0.1, -0.05) is 0 Å². The van der Waals surface area contributed by atoms with Crippen LogP contribution in [0.1, 0.15) is 30.1 Å². The number of carbonyl (C=O) groups excluding carboxylic acids is 3. The zero-order valence-electron chi connectivity index (χ0n) is 15.7. The smallest absolute Gasteiger partial charge is 0.255 e. The molecule has 1 aromatic carbocycles. The van der Waals surface area contributed by atoms with Gasteiger partial charge in [0.25, 0.3) is 5.91 Å². The Balaban J connectivity index is 1.51. The van der Waals surface area contributed by atoms with Gasteiger partial charge in [0.2, 0.25) is 11.8 Å². The van der Waals surface area contributed by atoms with Crippen LogP contribution in [0.25, 0.3) is 0 Å². The summed E-state index contributed by atoms with van der Waals surface area (Å²) in [6.45, 7) is 3.16. The van der Waals surface area contributed by atoms with Gasteiger partial charge in [0.1, 0.15) is 12.3 Å². The maximum Gasteiger partial charge on any atom is 0.255 e. The number of benzene rings is 1. The monoisotopic (exact) mass is 384 g/mol. The number of primary amides is 1. The molecule has 148 valence electrons. The fourth-order valence-electron chi connectivity index (χ4n) is 3.17. The summed E-state index contributed by atoms with van der Waals surface area (Å²) in [5.41, 5.74) is 7.41. The molecule has 2 aromatic rings. The number of carbonyl (C=O) groups is 3. The van der Waals surface area contributed by atoms with Gasteiger partial charge in [0.15, 0.2) is 0 Å². The second-order valence-corrected chi connectivity index (χ2v) is 6.91. The molecule has 1 fully saturated rings. The molecule has 2 heterocycles. The van der Waals surface area contributed by atoms with E-state index in [0.717, 1.165) is 31.6 Å². The van der Waals surface area contributed by atoms with Gasteiger partial charge in [-0.05, 0) is 50.1 Å². The standard InChI is InChI=1S/C20H24N4O4/c1-13(22-20(27)15-8-11-28-12-15)19(26)23-16-2-4-17(5-3-16)24-9-6-14(7-10-24)18(21)25/h2-5,8,11-14H,6-7,9-10H2,1H3,(H2,21,25)(H,22,27)(H,23,26). The van der Waals surface area contributed by atoms with Crippen molar-refractivity contribution in [1.82, 2.24) is 5.32 Å². The lowest BCUT2D eigenvalue weighted by molar-refractivity contribution is -0.122. The van der Waals surface area contributed by atoms with Crippen LogP contribution in [0.15, 0.2) is 47.3 Å². The molecular weight excluding hydrogens is 360 g/mol. The van der Waals surface area contributed by atoms with Crippen molar-refractivity contribution in [3.05, 3.63) is 48.4 Å². The Hall–Kier alpha value is -3.29. The molecule has 0 aliphatic carbocycles. The molecule has 0 radical (unpaired) electrons. The zero-order chi connectivity index (χ0) is 20.1. The highest BCUT2D eigenvalue weighted by atomic mass is 16.3. The molecule has 1 atom stereocenters. The minimum Gasteiger partial charge on any atom is -0.472 e. The molecular formula is C20H24N4O4. The normalized spacial score (nSPS) is 15.7. The highest BCUT2D eigenvalue weighted by Gasteiger charge is 2.23. The van der Waals surface area contributed by atoms with Crippen LogP contribution < -0.4 is 21.3 Å². The van der Waals surface area contributed by atoms with E-state index in [9.17, 15) is 14.4 Å². The van der Waals surface area contributed by atoms with E-state index in [1.807, 2.05) is 24.3 Å². The van der Waals surface area contributed by atoms with Crippen molar-refractivity contribution in [2.24, 2.45) is 11.7 Å². The molecule has 4 N–H and O–H groups in total. The second kappa shape index (κ2) is 8.60. The van der Waals surface area contributed by atoms with Crippen molar-refractivity contribution in [2.75, 3.05) is 23.3 Å². The number of nitrogens with zero attached hydrogens (tertiary/aromatic N) is 1. The van der Waals surface area contributed by atoms with Gasteiger partial charge in [0, 0.05) is 30.4 Å². The average Bonchev–Trinajstić information content (AvgIpc) is 3.23. The Labute approximate surface area is 163 Å². The first-order valence-electron chi connectivity index (χ1n) is 9.22. The van der Waals surface area contributed by atoms with Gasteiger partial charge in [-0.15, -0.1) is 0 Å². The number of nitrogens with two attached hydrogens (primary N) is 1. The molecule has 1 aliphatic rings. The lowest BCUT2D eigenvalue weighted by Gasteiger charge is -2.32. The van der Waals surface area contributed by atoms with Crippen LogP contribution >= 0.6 is 0 Å². The van der Waals surface area contributed by atoms with E-state index in [0.29, 0.717) is 11.3 Å². The first-order chi connectivity index (χ1) is 13.4. The molecule has 0 saturated carbocycles. The number of nitrogens with one attached hydrogen (secondary N) is 2. The summed E-state index contributed by atoms with van der Waals surface area (Å²) in [4.78, 5) is 37.7. The third kappa shape index (κ3) is 4.70. The number of piperidine rings is 1. The first-order valence-corrected chi connectivity index (χ1v) is 9.22. The second-order valence-electron chi connectivity index (χ2n) is 6.91. The molecule has 1 aliphatic heterocycles. The number of hydrogen-bond donors (Lipinski definition) is 3. The van der Waals surface area contributed by atoms with Crippen molar-refractivity contribution in [1.29, 1.82) is 0 Å². The third-order valence-corrected chi connectivity index (χ3v) is 4.92. The van der Waals surface area contributed by atoms with E-state index in [2.05, 4.69) is 15.5 Å². The summed E-state index contributed by atoms with van der Waals surface area (Å²) in [7, 11) is 0. The van der Waals surface area contributed by atoms with Gasteiger partial charge >= 0.3 is 0 Å². The Morgan fingerprint density at radius 3 is 2.39 bits per heavy atom. The lowest BCUT2D eigenvalue weighted by atomic mass is 9.96.